The molecule has 0 unspecified atom stereocenters. The van der Waals surface area contributed by atoms with E-state index in [1.807, 2.05) is 18.2 Å². The Kier molecular flexibility index (Phi) is 4.19. The number of aromatic amines is 1. The molecule has 3 N–H and O–H groups in total. The second-order valence-corrected chi connectivity index (χ2v) is 8.26. The number of rotatable bonds is 5. The molecule has 1 saturated carbocycles. The van der Waals surface area contributed by atoms with Crippen LogP contribution in [0.4, 0.5) is 5.82 Å². The van der Waals surface area contributed by atoms with Gasteiger partial charge in [-0.1, -0.05) is 0 Å². The van der Waals surface area contributed by atoms with E-state index in [9.17, 15) is 0 Å². The van der Waals surface area contributed by atoms with Gasteiger partial charge in [-0.2, -0.15) is 5.10 Å². The van der Waals surface area contributed by atoms with Crippen molar-refractivity contribution >= 4 is 16.7 Å². The van der Waals surface area contributed by atoms with Crippen LogP contribution in [-0.2, 0) is 0 Å². The summed E-state index contributed by atoms with van der Waals surface area (Å²) in [5.74, 6) is 2.46. The maximum Gasteiger partial charge on any atom is 0.132 e. The quantitative estimate of drug-likeness (QED) is 0.709. The highest BCUT2D eigenvalue weighted by atomic mass is 16.5. The fourth-order valence-corrected chi connectivity index (χ4v) is 3.86. The van der Waals surface area contributed by atoms with E-state index in [0.29, 0.717) is 5.92 Å². The first kappa shape index (κ1) is 17.4. The number of piperidine rings is 1. The average Bonchev–Trinajstić information content (AvgIpc) is 3.30. The smallest absolute Gasteiger partial charge is 0.132 e. The molecule has 0 bridgehead atoms. The van der Waals surface area contributed by atoms with Crippen LogP contribution in [0.1, 0.15) is 32.6 Å². The zero-order valence-corrected chi connectivity index (χ0v) is 16.2. The standard InChI is InChI=1S/C21H26N6O/c1-21(6-7-21)28-15-2-3-17-16(10-15)20(26-25-17)18-11-19(24-13-23-18)27-8-4-14(12-22)5-9-27/h2-3,10-11,13-14H,4-9,12,22H2,1H3,(H,25,26). The first-order valence-corrected chi connectivity index (χ1v) is 10.1. The molecule has 0 spiro atoms. The first-order valence-electron chi connectivity index (χ1n) is 10.1. The molecule has 1 aromatic carbocycles. The Bertz CT molecular complexity index is 987. The SMILES string of the molecule is CC1(Oc2ccc3[nH]nc(-c4cc(N5CCC(CN)CC5)ncn4)c3c2)CC1. The number of H-pyrrole nitrogens is 1. The fraction of sp³-hybridized carbons (Fsp3) is 0.476. The van der Waals surface area contributed by atoms with Crippen molar-refractivity contribution in [1.82, 2.24) is 20.2 Å². The number of anilines is 1. The zero-order valence-electron chi connectivity index (χ0n) is 16.2. The van der Waals surface area contributed by atoms with E-state index in [1.54, 1.807) is 6.33 Å². The summed E-state index contributed by atoms with van der Waals surface area (Å²) in [6.07, 6.45) is 6.08. The Morgan fingerprint density at radius 1 is 1.21 bits per heavy atom. The molecule has 28 heavy (non-hydrogen) atoms. The van der Waals surface area contributed by atoms with Crippen molar-refractivity contribution in [2.75, 3.05) is 24.5 Å². The normalized spacial score (nSPS) is 19.1. The van der Waals surface area contributed by atoms with Gasteiger partial charge < -0.3 is 15.4 Å². The fourth-order valence-electron chi connectivity index (χ4n) is 3.86. The summed E-state index contributed by atoms with van der Waals surface area (Å²) < 4.78 is 6.13. The van der Waals surface area contributed by atoms with Gasteiger partial charge in [-0.05, 0) is 63.3 Å². The van der Waals surface area contributed by atoms with Crippen LogP contribution in [0, 0.1) is 5.92 Å². The number of nitrogens with zero attached hydrogens (tertiary/aromatic N) is 4. The molecular weight excluding hydrogens is 352 g/mol. The van der Waals surface area contributed by atoms with E-state index >= 15 is 0 Å². The van der Waals surface area contributed by atoms with Gasteiger partial charge in [0.1, 0.15) is 29.2 Å². The molecule has 146 valence electrons. The van der Waals surface area contributed by atoms with Crippen molar-refractivity contribution in [3.05, 3.63) is 30.6 Å². The second kappa shape index (κ2) is 6.74. The molecule has 2 aliphatic rings. The van der Waals surface area contributed by atoms with Crippen molar-refractivity contribution in [3.63, 3.8) is 0 Å². The third kappa shape index (κ3) is 3.30. The monoisotopic (exact) mass is 378 g/mol. The molecule has 0 amide bonds. The molecule has 1 saturated heterocycles. The summed E-state index contributed by atoms with van der Waals surface area (Å²) >= 11 is 0. The highest BCUT2D eigenvalue weighted by Crippen LogP contribution is 2.40. The number of benzene rings is 1. The molecule has 7 nitrogen and oxygen atoms in total. The van der Waals surface area contributed by atoms with Gasteiger partial charge in [0, 0.05) is 24.5 Å². The van der Waals surface area contributed by atoms with Crippen LogP contribution in [0.3, 0.4) is 0 Å². The van der Waals surface area contributed by atoms with E-state index in [1.165, 1.54) is 0 Å². The molecule has 3 heterocycles. The van der Waals surface area contributed by atoms with Crippen molar-refractivity contribution in [1.29, 1.82) is 0 Å². The molecule has 2 fully saturated rings. The topological polar surface area (TPSA) is 93.0 Å². The maximum atomic E-state index is 6.13. The zero-order chi connectivity index (χ0) is 19.1. The Labute approximate surface area is 164 Å². The third-order valence-electron chi connectivity index (χ3n) is 6.02. The van der Waals surface area contributed by atoms with Gasteiger partial charge in [0.05, 0.1) is 11.2 Å². The number of hydrogen-bond donors (Lipinski definition) is 2. The molecular formula is C21H26N6O. The van der Waals surface area contributed by atoms with Crippen LogP contribution in [-0.4, -0.2) is 45.4 Å². The van der Waals surface area contributed by atoms with Crippen LogP contribution < -0.4 is 15.4 Å². The van der Waals surface area contributed by atoms with Crippen molar-refractivity contribution in [2.24, 2.45) is 11.7 Å². The molecule has 5 rings (SSSR count). The number of aromatic nitrogens is 4. The van der Waals surface area contributed by atoms with E-state index in [0.717, 1.165) is 79.2 Å². The predicted molar refractivity (Wildman–Crippen MR) is 109 cm³/mol. The second-order valence-electron chi connectivity index (χ2n) is 8.26. The van der Waals surface area contributed by atoms with E-state index in [2.05, 4.69) is 38.1 Å². The van der Waals surface area contributed by atoms with Crippen molar-refractivity contribution < 1.29 is 4.74 Å². The molecule has 3 aromatic rings. The van der Waals surface area contributed by atoms with Gasteiger partial charge in [0.25, 0.3) is 0 Å². The highest BCUT2D eigenvalue weighted by Gasteiger charge is 2.40. The Balaban J connectivity index is 1.44. The minimum atomic E-state index is -0.00465. The van der Waals surface area contributed by atoms with Gasteiger partial charge in [-0.15, -0.1) is 0 Å². The number of nitrogens with one attached hydrogen (secondary N) is 1. The summed E-state index contributed by atoms with van der Waals surface area (Å²) in [6, 6.07) is 8.12. The van der Waals surface area contributed by atoms with Gasteiger partial charge >= 0.3 is 0 Å². The molecule has 0 atom stereocenters. The lowest BCUT2D eigenvalue weighted by molar-refractivity contribution is 0.200. The third-order valence-corrected chi connectivity index (χ3v) is 6.02. The Morgan fingerprint density at radius 3 is 2.79 bits per heavy atom. The van der Waals surface area contributed by atoms with Gasteiger partial charge in [0.15, 0.2) is 0 Å². The lowest BCUT2D eigenvalue weighted by Crippen LogP contribution is -2.36. The summed E-state index contributed by atoms with van der Waals surface area (Å²) in [7, 11) is 0. The number of nitrogens with two attached hydrogens (primary N) is 1. The number of fused-ring (bicyclic) bond motifs is 1. The maximum absolute atomic E-state index is 6.13. The van der Waals surface area contributed by atoms with Crippen LogP contribution in [0.25, 0.3) is 22.3 Å². The number of hydrogen-bond acceptors (Lipinski definition) is 6. The first-order chi connectivity index (χ1) is 13.6. The highest BCUT2D eigenvalue weighted by molar-refractivity contribution is 5.93. The predicted octanol–water partition coefficient (Wildman–Crippen LogP) is 3.13. The van der Waals surface area contributed by atoms with Crippen LogP contribution in [0.5, 0.6) is 5.75 Å². The molecule has 1 aliphatic heterocycles. The van der Waals surface area contributed by atoms with E-state index < -0.39 is 0 Å². The lowest BCUT2D eigenvalue weighted by atomic mass is 9.97. The molecule has 0 radical (unpaired) electrons. The van der Waals surface area contributed by atoms with Crippen molar-refractivity contribution in [3.8, 4) is 17.1 Å². The summed E-state index contributed by atoms with van der Waals surface area (Å²) in [4.78, 5) is 11.3. The van der Waals surface area contributed by atoms with E-state index in [-0.39, 0.29) is 5.60 Å². The van der Waals surface area contributed by atoms with Gasteiger partial charge in [-0.25, -0.2) is 9.97 Å². The van der Waals surface area contributed by atoms with Gasteiger partial charge in [0.2, 0.25) is 0 Å². The molecule has 7 heteroatoms. The average molecular weight is 378 g/mol. The summed E-state index contributed by atoms with van der Waals surface area (Å²) in [6.45, 7) is 4.88. The summed E-state index contributed by atoms with van der Waals surface area (Å²) in [5, 5.41) is 8.66. The minimum Gasteiger partial charge on any atom is -0.488 e. The van der Waals surface area contributed by atoms with Gasteiger partial charge in [-0.3, -0.25) is 5.10 Å². The van der Waals surface area contributed by atoms with Crippen LogP contribution in [0.15, 0.2) is 30.6 Å². The largest absolute Gasteiger partial charge is 0.488 e. The Hall–Kier alpha value is -2.67. The summed E-state index contributed by atoms with van der Waals surface area (Å²) in [5.41, 5.74) is 8.45. The van der Waals surface area contributed by atoms with Crippen molar-refractivity contribution in [2.45, 2.75) is 38.2 Å². The van der Waals surface area contributed by atoms with E-state index in [4.69, 9.17) is 10.5 Å². The lowest BCUT2D eigenvalue weighted by Gasteiger charge is -2.32. The molecule has 2 aromatic heterocycles. The Morgan fingerprint density at radius 2 is 2.04 bits per heavy atom. The van der Waals surface area contributed by atoms with Crippen LogP contribution in [0.2, 0.25) is 0 Å². The minimum absolute atomic E-state index is 0.00465. The molecule has 1 aliphatic carbocycles. The number of ether oxygens (including phenoxy) is 1. The van der Waals surface area contributed by atoms with Crippen LogP contribution >= 0.6 is 0 Å².